The van der Waals surface area contributed by atoms with Crippen LogP contribution in [0.3, 0.4) is 0 Å². The highest BCUT2D eigenvalue weighted by Gasteiger charge is 2.17. The number of hydrogen-bond acceptors (Lipinski definition) is 5. The van der Waals surface area contributed by atoms with E-state index >= 15 is 0 Å². The summed E-state index contributed by atoms with van der Waals surface area (Å²) in [4.78, 5) is 24.1. The molecule has 0 fully saturated rings. The molecule has 0 heterocycles. The highest BCUT2D eigenvalue weighted by molar-refractivity contribution is 7.93. The van der Waals surface area contributed by atoms with Crippen molar-refractivity contribution in [1.29, 1.82) is 0 Å². The number of carbonyl (C=O) groups excluding carboxylic acids is 2. The van der Waals surface area contributed by atoms with Crippen molar-refractivity contribution in [3.8, 4) is 5.75 Å². The van der Waals surface area contributed by atoms with Crippen molar-refractivity contribution in [1.82, 2.24) is 5.32 Å². The largest absolute Gasteiger partial charge is 0.491 e. The Hall–Kier alpha value is -3.07. The number of nitrogens with one attached hydrogen (secondary N) is 3. The third kappa shape index (κ3) is 7.40. The van der Waals surface area contributed by atoms with Crippen molar-refractivity contribution in [3.63, 3.8) is 0 Å². The standard InChI is InChI=1S/C21H27N3O5S/c1-14(2)29-18-10-8-17(9-11-18)24-30(27,28)13-20(26)22-12-19(25)23-21-15(3)6-5-7-16(21)4/h5-11,14,24H,12-13H2,1-4H3,(H,22,26)(H,23,25). The van der Waals surface area contributed by atoms with E-state index in [2.05, 4.69) is 15.4 Å². The second-order valence-corrected chi connectivity index (χ2v) is 8.87. The normalized spacial score (nSPS) is 11.1. The number of para-hydroxylation sites is 1. The minimum Gasteiger partial charge on any atom is -0.491 e. The van der Waals surface area contributed by atoms with Crippen LogP contribution >= 0.6 is 0 Å². The molecule has 2 aromatic carbocycles. The first-order valence-electron chi connectivity index (χ1n) is 9.45. The molecule has 2 amide bonds. The number of amides is 2. The van der Waals surface area contributed by atoms with Gasteiger partial charge >= 0.3 is 0 Å². The van der Waals surface area contributed by atoms with E-state index in [0.29, 0.717) is 17.1 Å². The molecule has 0 atom stereocenters. The van der Waals surface area contributed by atoms with Gasteiger partial charge in [-0.1, -0.05) is 18.2 Å². The Balaban J connectivity index is 1.85. The molecule has 9 heteroatoms. The third-order valence-corrected chi connectivity index (χ3v) is 5.20. The van der Waals surface area contributed by atoms with Gasteiger partial charge in [-0.05, 0) is 63.1 Å². The van der Waals surface area contributed by atoms with Crippen LogP contribution in [0.4, 0.5) is 11.4 Å². The first-order chi connectivity index (χ1) is 14.1. The fraction of sp³-hybridized carbons (Fsp3) is 0.333. The van der Waals surface area contributed by atoms with Gasteiger partial charge in [-0.25, -0.2) is 8.42 Å². The number of aryl methyl sites for hydroxylation is 2. The van der Waals surface area contributed by atoms with Gasteiger partial charge in [-0.3, -0.25) is 14.3 Å². The van der Waals surface area contributed by atoms with E-state index in [1.807, 2.05) is 45.9 Å². The quantitative estimate of drug-likeness (QED) is 0.562. The second-order valence-electron chi connectivity index (χ2n) is 7.14. The zero-order valence-electron chi connectivity index (χ0n) is 17.5. The number of hydrogen-bond donors (Lipinski definition) is 3. The number of rotatable bonds is 9. The van der Waals surface area contributed by atoms with Crippen LogP contribution in [0.5, 0.6) is 5.75 Å². The van der Waals surface area contributed by atoms with Crippen LogP contribution in [0.15, 0.2) is 42.5 Å². The first-order valence-corrected chi connectivity index (χ1v) is 11.1. The maximum absolute atomic E-state index is 12.2. The molecule has 0 aliphatic heterocycles. The van der Waals surface area contributed by atoms with Crippen molar-refractivity contribution in [2.75, 3.05) is 22.3 Å². The topological polar surface area (TPSA) is 114 Å². The minimum atomic E-state index is -3.92. The van der Waals surface area contributed by atoms with Crippen LogP contribution in [0, 0.1) is 13.8 Å². The molecule has 0 aromatic heterocycles. The van der Waals surface area contributed by atoms with Crippen molar-refractivity contribution >= 4 is 33.2 Å². The van der Waals surface area contributed by atoms with Crippen LogP contribution < -0.4 is 20.1 Å². The number of carbonyl (C=O) groups is 2. The summed E-state index contributed by atoms with van der Waals surface area (Å²) in [6, 6.07) is 12.0. The fourth-order valence-electron chi connectivity index (χ4n) is 2.69. The average Bonchev–Trinajstić information content (AvgIpc) is 2.64. The van der Waals surface area contributed by atoms with Crippen LogP contribution in [-0.4, -0.2) is 38.6 Å². The summed E-state index contributed by atoms with van der Waals surface area (Å²) in [5.74, 6) is -1.40. The smallest absolute Gasteiger partial charge is 0.243 e. The van der Waals surface area contributed by atoms with E-state index in [-0.39, 0.29) is 12.6 Å². The van der Waals surface area contributed by atoms with Gasteiger partial charge in [0.05, 0.1) is 12.6 Å². The zero-order valence-corrected chi connectivity index (χ0v) is 18.3. The lowest BCUT2D eigenvalue weighted by atomic mass is 10.1. The van der Waals surface area contributed by atoms with Gasteiger partial charge in [-0.2, -0.15) is 0 Å². The molecule has 3 N–H and O–H groups in total. The summed E-state index contributed by atoms with van der Waals surface area (Å²) < 4.78 is 32.2. The molecule has 8 nitrogen and oxygen atoms in total. The van der Waals surface area contributed by atoms with Gasteiger partial charge in [0.15, 0.2) is 0 Å². The maximum atomic E-state index is 12.2. The molecule has 2 aromatic rings. The highest BCUT2D eigenvalue weighted by atomic mass is 32.2. The molecule has 0 aliphatic carbocycles. The Morgan fingerprint density at radius 1 is 0.967 bits per heavy atom. The van der Waals surface area contributed by atoms with Crippen LogP contribution in [0.2, 0.25) is 0 Å². The van der Waals surface area contributed by atoms with Crippen molar-refractivity contribution in [3.05, 3.63) is 53.6 Å². The van der Waals surface area contributed by atoms with Gasteiger partial charge in [0.1, 0.15) is 11.5 Å². The lowest BCUT2D eigenvalue weighted by molar-refractivity contribution is -0.122. The lowest BCUT2D eigenvalue weighted by Crippen LogP contribution is -2.37. The Kier molecular flexibility index (Phi) is 7.82. The molecule has 2 rings (SSSR count). The summed E-state index contributed by atoms with van der Waals surface area (Å²) >= 11 is 0. The molecule has 30 heavy (non-hydrogen) atoms. The summed E-state index contributed by atoms with van der Waals surface area (Å²) in [5.41, 5.74) is 2.78. The molecule has 0 bridgehead atoms. The number of ether oxygens (including phenoxy) is 1. The Bertz CT molecular complexity index is 982. The summed E-state index contributed by atoms with van der Waals surface area (Å²) in [6.45, 7) is 7.17. The van der Waals surface area contributed by atoms with E-state index < -0.39 is 27.6 Å². The van der Waals surface area contributed by atoms with E-state index in [1.54, 1.807) is 24.3 Å². The second kappa shape index (κ2) is 10.1. The van der Waals surface area contributed by atoms with E-state index in [4.69, 9.17) is 4.74 Å². The average molecular weight is 434 g/mol. The SMILES string of the molecule is Cc1cccc(C)c1NC(=O)CNC(=O)CS(=O)(=O)Nc1ccc(OC(C)C)cc1. The number of anilines is 2. The Morgan fingerprint density at radius 2 is 1.57 bits per heavy atom. The molecule has 0 unspecified atom stereocenters. The van der Waals surface area contributed by atoms with Crippen molar-refractivity contribution in [2.45, 2.75) is 33.8 Å². The van der Waals surface area contributed by atoms with Gasteiger partial charge in [0.25, 0.3) is 0 Å². The molecular weight excluding hydrogens is 406 g/mol. The zero-order chi connectivity index (χ0) is 22.3. The highest BCUT2D eigenvalue weighted by Crippen LogP contribution is 2.19. The van der Waals surface area contributed by atoms with Crippen LogP contribution in [0.25, 0.3) is 0 Å². The summed E-state index contributed by atoms with van der Waals surface area (Å²) in [5, 5.41) is 5.05. The van der Waals surface area contributed by atoms with Gasteiger partial charge < -0.3 is 15.4 Å². The predicted octanol–water partition coefficient (Wildman–Crippen LogP) is 2.59. The first kappa shape index (κ1) is 23.2. The van der Waals surface area contributed by atoms with E-state index in [9.17, 15) is 18.0 Å². The van der Waals surface area contributed by atoms with Gasteiger partial charge in [-0.15, -0.1) is 0 Å². The number of benzene rings is 2. The number of sulfonamides is 1. The van der Waals surface area contributed by atoms with Crippen molar-refractivity contribution in [2.24, 2.45) is 0 Å². The van der Waals surface area contributed by atoms with Crippen LogP contribution in [0.1, 0.15) is 25.0 Å². The molecular formula is C21H27N3O5S. The molecule has 0 saturated heterocycles. The molecule has 162 valence electrons. The lowest BCUT2D eigenvalue weighted by Gasteiger charge is -2.13. The molecule has 0 aliphatic rings. The van der Waals surface area contributed by atoms with Crippen molar-refractivity contribution < 1.29 is 22.7 Å². The van der Waals surface area contributed by atoms with Crippen LogP contribution in [-0.2, 0) is 19.6 Å². The molecule has 0 saturated carbocycles. The van der Waals surface area contributed by atoms with Gasteiger partial charge in [0, 0.05) is 11.4 Å². The fourth-order valence-corrected chi connectivity index (χ4v) is 3.70. The minimum absolute atomic E-state index is 0.00292. The predicted molar refractivity (Wildman–Crippen MR) is 117 cm³/mol. The molecule has 0 spiro atoms. The maximum Gasteiger partial charge on any atom is 0.243 e. The molecule has 0 radical (unpaired) electrons. The summed E-state index contributed by atoms with van der Waals surface area (Å²) in [6.07, 6.45) is 0.00292. The monoisotopic (exact) mass is 433 g/mol. The Morgan fingerprint density at radius 3 is 2.13 bits per heavy atom. The Labute approximate surface area is 177 Å². The van der Waals surface area contributed by atoms with E-state index in [0.717, 1.165) is 11.1 Å². The van der Waals surface area contributed by atoms with E-state index in [1.165, 1.54) is 0 Å². The summed E-state index contributed by atoms with van der Waals surface area (Å²) in [7, 11) is -3.92. The van der Waals surface area contributed by atoms with Gasteiger partial charge in [0.2, 0.25) is 21.8 Å². The third-order valence-electron chi connectivity index (χ3n) is 4.01.